The van der Waals surface area contributed by atoms with E-state index in [1.807, 2.05) is 24.3 Å². The molecule has 1 aliphatic heterocycles. The van der Waals surface area contributed by atoms with Crippen LogP contribution in [0.4, 0.5) is 5.00 Å². The highest BCUT2D eigenvalue weighted by Crippen LogP contribution is 2.43. The number of fused-ring (bicyclic) bond motifs is 3. The number of benzene rings is 1. The van der Waals surface area contributed by atoms with Crippen LogP contribution in [0.5, 0.6) is 0 Å². The van der Waals surface area contributed by atoms with Gasteiger partial charge in [-0.3, -0.25) is 4.79 Å². The molecule has 1 aromatic carbocycles. The van der Waals surface area contributed by atoms with E-state index in [1.165, 1.54) is 23.3 Å². The lowest BCUT2D eigenvalue weighted by Crippen LogP contribution is -2.38. The van der Waals surface area contributed by atoms with Crippen molar-refractivity contribution in [3.63, 3.8) is 0 Å². The summed E-state index contributed by atoms with van der Waals surface area (Å²) < 4.78 is 0. The van der Waals surface area contributed by atoms with E-state index in [4.69, 9.17) is 11.6 Å². The van der Waals surface area contributed by atoms with Crippen LogP contribution in [0, 0.1) is 5.92 Å². The number of amides is 1. The van der Waals surface area contributed by atoms with Crippen LogP contribution < -0.4 is 10.6 Å². The van der Waals surface area contributed by atoms with E-state index in [2.05, 4.69) is 17.6 Å². The Balaban J connectivity index is 1.69. The molecule has 2 N–H and O–H groups in total. The first kappa shape index (κ1) is 15.0. The summed E-state index contributed by atoms with van der Waals surface area (Å²) in [6.07, 6.45) is 4.27. The predicted molar refractivity (Wildman–Crippen MR) is 95.4 cm³/mol. The van der Waals surface area contributed by atoms with Crippen LogP contribution in [-0.2, 0) is 12.8 Å². The third-order valence-corrected chi connectivity index (χ3v) is 6.47. The molecule has 2 atom stereocenters. The number of halogens is 1. The van der Waals surface area contributed by atoms with E-state index >= 15 is 0 Å². The van der Waals surface area contributed by atoms with Gasteiger partial charge in [-0.15, -0.1) is 11.3 Å². The van der Waals surface area contributed by atoms with Crippen molar-refractivity contribution in [2.45, 2.75) is 38.8 Å². The Bertz CT molecular complexity index is 770. The molecule has 0 radical (unpaired) electrons. The first-order chi connectivity index (χ1) is 11.2. The van der Waals surface area contributed by atoms with Crippen molar-refractivity contribution >= 4 is 33.8 Å². The molecule has 3 nitrogen and oxygen atoms in total. The topological polar surface area (TPSA) is 41.1 Å². The molecule has 0 fully saturated rings. The van der Waals surface area contributed by atoms with Crippen molar-refractivity contribution in [3.05, 3.63) is 50.9 Å². The fraction of sp³-hybridized carbons (Fsp3) is 0.389. The van der Waals surface area contributed by atoms with Crippen LogP contribution in [0.15, 0.2) is 24.3 Å². The lowest BCUT2D eigenvalue weighted by molar-refractivity contribution is 0.0935. The van der Waals surface area contributed by atoms with Gasteiger partial charge in [0.25, 0.3) is 5.91 Å². The Labute approximate surface area is 145 Å². The highest BCUT2D eigenvalue weighted by molar-refractivity contribution is 7.16. The third-order valence-electron chi connectivity index (χ3n) is 4.94. The van der Waals surface area contributed by atoms with E-state index < -0.39 is 0 Å². The lowest BCUT2D eigenvalue weighted by Gasteiger charge is -2.27. The number of carbonyl (C=O) groups excluding carboxylic acids is 1. The van der Waals surface area contributed by atoms with Crippen LogP contribution in [-0.4, -0.2) is 5.91 Å². The van der Waals surface area contributed by atoms with Gasteiger partial charge in [0.05, 0.1) is 5.56 Å². The zero-order valence-electron chi connectivity index (χ0n) is 13.0. The average Bonchev–Trinajstić information content (AvgIpc) is 2.92. The van der Waals surface area contributed by atoms with Crippen LogP contribution >= 0.6 is 22.9 Å². The smallest absolute Gasteiger partial charge is 0.256 e. The van der Waals surface area contributed by atoms with E-state index in [0.29, 0.717) is 5.02 Å². The SMILES string of the molecule is CC[C@@H]1CCc2c(sc3c2C(=O)N[C@H](c2ccccc2Cl)N3)C1. The minimum Gasteiger partial charge on any atom is -0.353 e. The Morgan fingerprint density at radius 3 is 2.91 bits per heavy atom. The van der Waals surface area contributed by atoms with Gasteiger partial charge in [0.2, 0.25) is 0 Å². The van der Waals surface area contributed by atoms with Gasteiger partial charge in [-0.1, -0.05) is 43.1 Å². The van der Waals surface area contributed by atoms with Gasteiger partial charge in [0, 0.05) is 15.5 Å². The largest absolute Gasteiger partial charge is 0.353 e. The van der Waals surface area contributed by atoms with Crippen molar-refractivity contribution in [1.82, 2.24) is 5.32 Å². The van der Waals surface area contributed by atoms with Gasteiger partial charge < -0.3 is 10.6 Å². The second kappa shape index (κ2) is 5.84. The maximum atomic E-state index is 12.7. The van der Waals surface area contributed by atoms with Gasteiger partial charge in [-0.25, -0.2) is 0 Å². The van der Waals surface area contributed by atoms with Crippen molar-refractivity contribution < 1.29 is 4.79 Å². The summed E-state index contributed by atoms with van der Waals surface area (Å²) in [5, 5.41) is 8.21. The highest BCUT2D eigenvalue weighted by Gasteiger charge is 2.33. The predicted octanol–water partition coefficient (Wildman–Crippen LogP) is 4.77. The summed E-state index contributed by atoms with van der Waals surface area (Å²) in [5.74, 6) is 0.779. The normalized spacial score (nSPS) is 22.8. The van der Waals surface area contributed by atoms with Crippen molar-refractivity contribution in [3.8, 4) is 0 Å². The number of thiophene rings is 1. The minimum atomic E-state index is -0.259. The van der Waals surface area contributed by atoms with Gasteiger partial charge in [-0.2, -0.15) is 0 Å². The highest BCUT2D eigenvalue weighted by atomic mass is 35.5. The summed E-state index contributed by atoms with van der Waals surface area (Å²) in [7, 11) is 0. The quantitative estimate of drug-likeness (QED) is 0.822. The Kier molecular flexibility index (Phi) is 3.82. The molecule has 23 heavy (non-hydrogen) atoms. The Morgan fingerprint density at radius 1 is 1.30 bits per heavy atom. The molecular weight excluding hydrogens is 328 g/mol. The standard InChI is InChI=1S/C18H19ClN2OS/c1-2-10-7-8-12-14(9-10)23-18-15(12)17(22)20-16(21-18)11-5-3-4-6-13(11)19/h3-6,10,16,21H,2,7-9H2,1H3,(H,20,22)/t10-,16+/m1/s1. The van der Waals surface area contributed by atoms with Crippen LogP contribution in [0.3, 0.4) is 0 Å². The fourth-order valence-electron chi connectivity index (χ4n) is 3.58. The maximum Gasteiger partial charge on any atom is 0.256 e. The second-order valence-electron chi connectivity index (χ2n) is 6.30. The zero-order valence-corrected chi connectivity index (χ0v) is 14.6. The summed E-state index contributed by atoms with van der Waals surface area (Å²) in [6, 6.07) is 7.64. The molecule has 1 aliphatic carbocycles. The molecule has 1 aromatic heterocycles. The molecule has 2 aliphatic rings. The van der Waals surface area contributed by atoms with Gasteiger partial charge in [-0.05, 0) is 36.8 Å². The van der Waals surface area contributed by atoms with E-state index in [1.54, 1.807) is 11.3 Å². The molecule has 0 saturated heterocycles. The Hall–Kier alpha value is -1.52. The molecule has 0 unspecified atom stereocenters. The summed E-state index contributed by atoms with van der Waals surface area (Å²) in [5.41, 5.74) is 3.03. The molecule has 120 valence electrons. The van der Waals surface area contributed by atoms with Crippen molar-refractivity contribution in [2.24, 2.45) is 5.92 Å². The molecular formula is C18H19ClN2OS. The Morgan fingerprint density at radius 2 is 2.13 bits per heavy atom. The summed E-state index contributed by atoms with van der Waals surface area (Å²) in [4.78, 5) is 14.1. The van der Waals surface area contributed by atoms with Crippen molar-refractivity contribution in [1.29, 1.82) is 0 Å². The van der Waals surface area contributed by atoms with Gasteiger partial charge in [0.15, 0.2) is 0 Å². The molecule has 0 saturated carbocycles. The molecule has 0 bridgehead atoms. The first-order valence-corrected chi connectivity index (χ1v) is 9.33. The molecule has 0 spiro atoms. The maximum absolute atomic E-state index is 12.7. The van der Waals surface area contributed by atoms with E-state index in [-0.39, 0.29) is 12.1 Å². The zero-order chi connectivity index (χ0) is 16.0. The van der Waals surface area contributed by atoms with Crippen LogP contribution in [0.2, 0.25) is 5.02 Å². The molecule has 4 rings (SSSR count). The van der Waals surface area contributed by atoms with E-state index in [9.17, 15) is 4.79 Å². The van der Waals surface area contributed by atoms with Gasteiger partial charge in [0.1, 0.15) is 11.2 Å². The average molecular weight is 347 g/mol. The van der Waals surface area contributed by atoms with Crippen molar-refractivity contribution in [2.75, 3.05) is 5.32 Å². The molecule has 1 amide bonds. The summed E-state index contributed by atoms with van der Waals surface area (Å²) >= 11 is 8.03. The van der Waals surface area contributed by atoms with Crippen LogP contribution in [0.25, 0.3) is 0 Å². The molecule has 5 heteroatoms. The van der Waals surface area contributed by atoms with E-state index in [0.717, 1.165) is 34.9 Å². The molecule has 2 aromatic rings. The first-order valence-electron chi connectivity index (χ1n) is 8.13. The number of rotatable bonds is 2. The number of nitrogens with one attached hydrogen (secondary N) is 2. The number of hydrogen-bond donors (Lipinski definition) is 2. The minimum absolute atomic E-state index is 0.0242. The summed E-state index contributed by atoms with van der Waals surface area (Å²) in [6.45, 7) is 2.25. The second-order valence-corrected chi connectivity index (χ2v) is 7.81. The lowest BCUT2D eigenvalue weighted by atomic mass is 9.85. The fourth-order valence-corrected chi connectivity index (χ4v) is 5.21. The number of hydrogen-bond acceptors (Lipinski definition) is 3. The number of anilines is 1. The van der Waals surface area contributed by atoms with Crippen LogP contribution in [0.1, 0.15) is 52.3 Å². The third kappa shape index (κ3) is 2.54. The monoisotopic (exact) mass is 346 g/mol. The number of carbonyl (C=O) groups is 1. The van der Waals surface area contributed by atoms with Gasteiger partial charge >= 0.3 is 0 Å². The molecule has 2 heterocycles.